The molecule has 3 aromatic rings. The number of ether oxygens (including phenoxy) is 2. The molecule has 3 aromatic carbocycles. The first kappa shape index (κ1) is 19.8. The van der Waals surface area contributed by atoms with Crippen LogP contribution in [0.15, 0.2) is 66.7 Å². The van der Waals surface area contributed by atoms with E-state index in [1.54, 1.807) is 32.4 Å². The van der Waals surface area contributed by atoms with Gasteiger partial charge >= 0.3 is 6.03 Å². The number of anilines is 1. The van der Waals surface area contributed by atoms with E-state index in [1.807, 2.05) is 11.0 Å². The van der Waals surface area contributed by atoms with Crippen LogP contribution in [0, 0.1) is 6.92 Å². The lowest BCUT2D eigenvalue weighted by atomic mass is 9.88. The fourth-order valence-electron chi connectivity index (χ4n) is 3.98. The van der Waals surface area contributed by atoms with Crippen LogP contribution in [0.3, 0.4) is 0 Å². The van der Waals surface area contributed by atoms with Gasteiger partial charge in [0, 0.05) is 12.6 Å². The highest BCUT2D eigenvalue weighted by Gasteiger charge is 2.32. The second kappa shape index (κ2) is 8.49. The van der Waals surface area contributed by atoms with Crippen molar-refractivity contribution in [2.45, 2.75) is 19.4 Å². The molecule has 0 fully saturated rings. The fraction of sp³-hybridized carbons (Fsp3) is 0.240. The first-order chi connectivity index (χ1) is 14.6. The Balaban J connectivity index is 1.68. The molecule has 0 unspecified atom stereocenters. The summed E-state index contributed by atoms with van der Waals surface area (Å²) in [5.74, 6) is 1.24. The predicted octanol–water partition coefficient (Wildman–Crippen LogP) is 5.19. The molecule has 1 N–H and O–H groups in total. The molecule has 5 nitrogen and oxygen atoms in total. The van der Waals surface area contributed by atoms with Crippen molar-refractivity contribution in [3.05, 3.63) is 89.0 Å². The second-order valence-corrected chi connectivity index (χ2v) is 7.45. The summed E-state index contributed by atoms with van der Waals surface area (Å²) in [6.45, 7) is 2.71. The smallest absolute Gasteiger partial charge is 0.322 e. The maximum atomic E-state index is 13.4. The molecular formula is C25H26N2O3. The molecule has 1 aliphatic heterocycles. The van der Waals surface area contributed by atoms with Crippen molar-refractivity contribution in [3.8, 4) is 11.5 Å². The number of amides is 2. The van der Waals surface area contributed by atoms with Crippen LogP contribution in [0.2, 0.25) is 0 Å². The number of carbonyl (C=O) groups is 1. The molecule has 1 aliphatic rings. The quantitative estimate of drug-likeness (QED) is 0.653. The van der Waals surface area contributed by atoms with Crippen LogP contribution >= 0.6 is 0 Å². The summed E-state index contributed by atoms with van der Waals surface area (Å²) in [6, 6.07) is 21.8. The fourth-order valence-corrected chi connectivity index (χ4v) is 3.98. The Morgan fingerprint density at radius 1 is 1.00 bits per heavy atom. The molecular weight excluding hydrogens is 376 g/mol. The van der Waals surface area contributed by atoms with Gasteiger partial charge in [-0.2, -0.15) is 0 Å². The van der Waals surface area contributed by atoms with Gasteiger partial charge in [-0.1, -0.05) is 54.1 Å². The predicted molar refractivity (Wildman–Crippen MR) is 118 cm³/mol. The Morgan fingerprint density at radius 3 is 2.50 bits per heavy atom. The minimum atomic E-state index is -0.154. The number of hydrogen-bond acceptors (Lipinski definition) is 3. The Hall–Kier alpha value is -3.47. The number of rotatable bonds is 4. The first-order valence-corrected chi connectivity index (χ1v) is 10.0. The molecule has 154 valence electrons. The van der Waals surface area contributed by atoms with Crippen molar-refractivity contribution >= 4 is 11.7 Å². The maximum Gasteiger partial charge on any atom is 0.322 e. The standard InChI is InChI=1S/C25H26N2O3/c1-17-8-10-19(11-9-17)24-21-7-5-4-6-18(21)14-15-27(24)25(28)26-22-13-12-20(29-2)16-23(22)30-3/h4-13,16,24H,14-15H2,1-3H3,(H,26,28)/t24-/m1/s1. The third kappa shape index (κ3) is 3.83. The molecule has 4 rings (SSSR count). The summed E-state index contributed by atoms with van der Waals surface area (Å²) >= 11 is 0. The van der Waals surface area contributed by atoms with E-state index in [-0.39, 0.29) is 12.1 Å². The van der Waals surface area contributed by atoms with Crippen molar-refractivity contribution in [3.63, 3.8) is 0 Å². The number of nitrogens with one attached hydrogen (secondary N) is 1. The summed E-state index contributed by atoms with van der Waals surface area (Å²) in [6.07, 6.45) is 0.825. The summed E-state index contributed by atoms with van der Waals surface area (Å²) in [5, 5.41) is 3.03. The van der Waals surface area contributed by atoms with Gasteiger partial charge < -0.3 is 19.7 Å². The molecule has 0 aromatic heterocycles. The van der Waals surface area contributed by atoms with Crippen LogP contribution in [0.1, 0.15) is 28.3 Å². The van der Waals surface area contributed by atoms with Gasteiger partial charge in [-0.25, -0.2) is 4.79 Å². The van der Waals surface area contributed by atoms with Crippen LogP contribution < -0.4 is 14.8 Å². The van der Waals surface area contributed by atoms with Crippen molar-refractivity contribution < 1.29 is 14.3 Å². The van der Waals surface area contributed by atoms with Gasteiger partial charge in [0.2, 0.25) is 0 Å². The number of hydrogen-bond donors (Lipinski definition) is 1. The number of urea groups is 1. The van der Waals surface area contributed by atoms with E-state index < -0.39 is 0 Å². The van der Waals surface area contributed by atoms with Gasteiger partial charge in [-0.05, 0) is 42.2 Å². The number of aryl methyl sites for hydroxylation is 1. The largest absolute Gasteiger partial charge is 0.497 e. The lowest BCUT2D eigenvalue weighted by molar-refractivity contribution is 0.194. The molecule has 0 bridgehead atoms. The Labute approximate surface area is 177 Å². The summed E-state index contributed by atoms with van der Waals surface area (Å²) in [7, 11) is 3.18. The highest BCUT2D eigenvalue weighted by Crippen LogP contribution is 2.36. The molecule has 5 heteroatoms. The van der Waals surface area contributed by atoms with Crippen molar-refractivity contribution in [1.29, 1.82) is 0 Å². The Bertz CT molecular complexity index is 1050. The monoisotopic (exact) mass is 402 g/mol. The van der Waals surface area contributed by atoms with Crippen LogP contribution in [0.4, 0.5) is 10.5 Å². The number of benzene rings is 3. The zero-order valence-corrected chi connectivity index (χ0v) is 17.5. The minimum absolute atomic E-state index is 0.139. The average molecular weight is 402 g/mol. The third-order valence-electron chi connectivity index (χ3n) is 5.59. The van der Waals surface area contributed by atoms with Crippen LogP contribution in [0.5, 0.6) is 11.5 Å². The molecule has 0 saturated heterocycles. The lowest BCUT2D eigenvalue weighted by Gasteiger charge is -2.37. The van der Waals surface area contributed by atoms with Gasteiger partial charge in [0.05, 0.1) is 25.9 Å². The van der Waals surface area contributed by atoms with Crippen molar-refractivity contribution in [1.82, 2.24) is 4.90 Å². The summed E-state index contributed by atoms with van der Waals surface area (Å²) < 4.78 is 10.7. The highest BCUT2D eigenvalue weighted by molar-refractivity contribution is 5.92. The van der Waals surface area contributed by atoms with Gasteiger partial charge in [0.1, 0.15) is 11.5 Å². The first-order valence-electron chi connectivity index (χ1n) is 10.0. The van der Waals surface area contributed by atoms with Gasteiger partial charge in [-0.15, -0.1) is 0 Å². The average Bonchev–Trinajstić information content (AvgIpc) is 2.79. The second-order valence-electron chi connectivity index (χ2n) is 7.45. The zero-order chi connectivity index (χ0) is 21.1. The molecule has 30 heavy (non-hydrogen) atoms. The van der Waals surface area contributed by atoms with Crippen LogP contribution in [-0.2, 0) is 6.42 Å². The van der Waals surface area contributed by atoms with E-state index in [0.717, 1.165) is 12.0 Å². The molecule has 1 atom stereocenters. The van der Waals surface area contributed by atoms with E-state index in [9.17, 15) is 4.79 Å². The van der Waals surface area contributed by atoms with E-state index in [2.05, 4.69) is 54.7 Å². The molecule has 0 saturated carbocycles. The number of nitrogens with zero attached hydrogens (tertiary/aromatic N) is 1. The summed E-state index contributed by atoms with van der Waals surface area (Å²) in [4.78, 5) is 15.3. The summed E-state index contributed by atoms with van der Waals surface area (Å²) in [5.41, 5.74) is 5.37. The number of carbonyl (C=O) groups excluding carboxylic acids is 1. The molecule has 0 spiro atoms. The van der Waals surface area contributed by atoms with Crippen LogP contribution in [0.25, 0.3) is 0 Å². The normalized spacial score (nSPS) is 15.3. The van der Waals surface area contributed by atoms with E-state index in [1.165, 1.54) is 16.7 Å². The van der Waals surface area contributed by atoms with Gasteiger partial charge in [-0.3, -0.25) is 0 Å². The molecule has 2 amide bonds. The SMILES string of the molecule is COc1ccc(NC(=O)N2CCc3ccccc3[C@H]2c2ccc(C)cc2)c(OC)c1. The Morgan fingerprint density at radius 2 is 1.77 bits per heavy atom. The van der Waals surface area contributed by atoms with E-state index in [0.29, 0.717) is 23.7 Å². The van der Waals surface area contributed by atoms with E-state index >= 15 is 0 Å². The zero-order valence-electron chi connectivity index (χ0n) is 17.5. The molecule has 1 heterocycles. The van der Waals surface area contributed by atoms with Gasteiger partial charge in [0.25, 0.3) is 0 Å². The van der Waals surface area contributed by atoms with E-state index in [4.69, 9.17) is 9.47 Å². The van der Waals surface area contributed by atoms with Crippen molar-refractivity contribution in [2.24, 2.45) is 0 Å². The van der Waals surface area contributed by atoms with Crippen molar-refractivity contribution in [2.75, 3.05) is 26.1 Å². The van der Waals surface area contributed by atoms with Gasteiger partial charge in [0.15, 0.2) is 0 Å². The van der Waals surface area contributed by atoms with Crippen LogP contribution in [-0.4, -0.2) is 31.7 Å². The maximum absolute atomic E-state index is 13.4. The highest BCUT2D eigenvalue weighted by atomic mass is 16.5. The topological polar surface area (TPSA) is 50.8 Å². The minimum Gasteiger partial charge on any atom is -0.497 e. The number of fused-ring (bicyclic) bond motifs is 1. The Kier molecular flexibility index (Phi) is 5.61. The third-order valence-corrected chi connectivity index (χ3v) is 5.59. The number of methoxy groups -OCH3 is 2. The molecule has 0 radical (unpaired) electrons. The molecule has 0 aliphatic carbocycles. The lowest BCUT2D eigenvalue weighted by Crippen LogP contribution is -2.43.